The first-order chi connectivity index (χ1) is 11.7. The van der Waals surface area contributed by atoms with Gasteiger partial charge in [0.05, 0.1) is 0 Å². The maximum Gasteiger partial charge on any atom is 0.270 e. The van der Waals surface area contributed by atoms with E-state index >= 15 is 0 Å². The first kappa shape index (κ1) is 14.4. The number of hydrogen-bond donors (Lipinski definition) is 1. The van der Waals surface area contributed by atoms with Crippen LogP contribution < -0.4 is 5.32 Å². The van der Waals surface area contributed by atoms with E-state index in [2.05, 4.69) is 34.3 Å². The lowest BCUT2D eigenvalue weighted by atomic mass is 9.96. The minimum Gasteiger partial charge on any atom is -0.346 e. The molecule has 24 heavy (non-hydrogen) atoms. The van der Waals surface area contributed by atoms with Crippen molar-refractivity contribution in [1.82, 2.24) is 15.2 Å². The third-order valence-electron chi connectivity index (χ3n) is 5.55. The van der Waals surface area contributed by atoms with E-state index in [1.807, 2.05) is 24.4 Å². The van der Waals surface area contributed by atoms with E-state index in [-0.39, 0.29) is 11.9 Å². The van der Waals surface area contributed by atoms with E-state index in [0.717, 1.165) is 23.2 Å². The average molecular weight is 337 g/mol. The Hall–Kier alpha value is -1.98. The zero-order chi connectivity index (χ0) is 16.3. The van der Waals surface area contributed by atoms with Crippen LogP contribution in [-0.2, 0) is 0 Å². The van der Waals surface area contributed by atoms with Crippen molar-refractivity contribution in [2.75, 3.05) is 13.1 Å². The summed E-state index contributed by atoms with van der Waals surface area (Å²) in [7, 11) is 0. The molecule has 0 aliphatic carbocycles. The molecule has 4 atom stereocenters. The third kappa shape index (κ3) is 2.15. The molecular formula is C19H19N3OS. The Morgan fingerprint density at radius 3 is 2.92 bits per heavy atom. The summed E-state index contributed by atoms with van der Waals surface area (Å²) in [6.45, 7) is 4.37. The van der Waals surface area contributed by atoms with Gasteiger partial charge in [0.2, 0.25) is 0 Å². The Balaban J connectivity index is 1.42. The van der Waals surface area contributed by atoms with Gasteiger partial charge >= 0.3 is 0 Å². The van der Waals surface area contributed by atoms with E-state index in [1.165, 1.54) is 16.5 Å². The van der Waals surface area contributed by atoms with Gasteiger partial charge in [-0.05, 0) is 31.4 Å². The van der Waals surface area contributed by atoms with Crippen LogP contribution in [0.4, 0.5) is 0 Å². The van der Waals surface area contributed by atoms with E-state index in [0.29, 0.717) is 17.7 Å². The van der Waals surface area contributed by atoms with Gasteiger partial charge in [0.1, 0.15) is 5.69 Å². The lowest BCUT2D eigenvalue weighted by molar-refractivity contribution is 0.0914. The summed E-state index contributed by atoms with van der Waals surface area (Å²) in [4.78, 5) is 19.5. The van der Waals surface area contributed by atoms with Gasteiger partial charge in [0.25, 0.3) is 5.91 Å². The van der Waals surface area contributed by atoms with E-state index in [1.54, 1.807) is 11.3 Å². The van der Waals surface area contributed by atoms with Crippen molar-refractivity contribution in [2.24, 2.45) is 5.92 Å². The molecule has 2 fully saturated rings. The minimum atomic E-state index is -0.0410. The largest absolute Gasteiger partial charge is 0.346 e. The predicted molar refractivity (Wildman–Crippen MR) is 97.5 cm³/mol. The van der Waals surface area contributed by atoms with Gasteiger partial charge in [-0.2, -0.15) is 0 Å². The van der Waals surface area contributed by atoms with Crippen LogP contribution in [0.3, 0.4) is 0 Å². The van der Waals surface area contributed by atoms with E-state index in [4.69, 9.17) is 0 Å². The zero-order valence-corrected chi connectivity index (χ0v) is 14.3. The molecule has 2 aromatic heterocycles. The van der Waals surface area contributed by atoms with Crippen LogP contribution in [0.2, 0.25) is 0 Å². The second-order valence-corrected chi connectivity index (χ2v) is 8.13. The van der Waals surface area contributed by atoms with Crippen LogP contribution in [0, 0.1) is 5.92 Å². The fraction of sp³-hybridized carbons (Fsp3) is 0.368. The fourth-order valence-corrected chi connectivity index (χ4v) is 5.36. The molecule has 0 radical (unpaired) electrons. The Labute approximate surface area is 144 Å². The number of pyridine rings is 1. The quantitative estimate of drug-likeness (QED) is 0.780. The van der Waals surface area contributed by atoms with E-state index < -0.39 is 0 Å². The number of fused-ring (bicyclic) bond motifs is 5. The topological polar surface area (TPSA) is 45.2 Å². The van der Waals surface area contributed by atoms with Gasteiger partial charge in [0, 0.05) is 51.5 Å². The zero-order valence-electron chi connectivity index (χ0n) is 13.5. The molecule has 4 unspecified atom stereocenters. The van der Waals surface area contributed by atoms with Crippen molar-refractivity contribution in [1.29, 1.82) is 0 Å². The third-order valence-corrected chi connectivity index (χ3v) is 6.68. The molecule has 5 heteroatoms. The smallest absolute Gasteiger partial charge is 0.270 e. The van der Waals surface area contributed by atoms with Crippen molar-refractivity contribution in [2.45, 2.75) is 25.4 Å². The number of benzene rings is 1. The number of carbonyl (C=O) groups excluding carboxylic acids is 1. The summed E-state index contributed by atoms with van der Waals surface area (Å²) in [6.07, 6.45) is 3.03. The SMILES string of the molecule is CC1CC2CN1CC2NC(=O)c1cc2sc3ccccc3c2cn1. The number of amides is 1. The molecule has 4 heterocycles. The van der Waals surface area contributed by atoms with Crippen LogP contribution in [-0.4, -0.2) is 41.0 Å². The number of hydrogen-bond acceptors (Lipinski definition) is 4. The highest BCUT2D eigenvalue weighted by Crippen LogP contribution is 2.34. The van der Waals surface area contributed by atoms with Crippen LogP contribution in [0.1, 0.15) is 23.8 Å². The van der Waals surface area contributed by atoms with Crippen LogP contribution in [0.5, 0.6) is 0 Å². The molecule has 0 spiro atoms. The number of thiophene rings is 1. The first-order valence-corrected chi connectivity index (χ1v) is 9.33. The summed E-state index contributed by atoms with van der Waals surface area (Å²) in [5.74, 6) is 0.553. The highest BCUT2D eigenvalue weighted by molar-refractivity contribution is 7.25. The molecule has 2 bridgehead atoms. The summed E-state index contributed by atoms with van der Waals surface area (Å²) >= 11 is 1.72. The summed E-state index contributed by atoms with van der Waals surface area (Å²) in [5, 5.41) is 5.55. The van der Waals surface area contributed by atoms with Gasteiger partial charge in [0.15, 0.2) is 0 Å². The number of nitrogens with zero attached hydrogens (tertiary/aromatic N) is 2. The van der Waals surface area contributed by atoms with Gasteiger partial charge in [-0.3, -0.25) is 14.7 Å². The second kappa shape index (κ2) is 5.26. The second-order valence-electron chi connectivity index (χ2n) is 7.04. The number of piperidine rings is 1. The molecule has 1 amide bonds. The van der Waals surface area contributed by atoms with Crippen molar-refractivity contribution < 1.29 is 4.79 Å². The van der Waals surface area contributed by atoms with Crippen molar-refractivity contribution in [3.63, 3.8) is 0 Å². The molecule has 2 saturated heterocycles. The molecule has 5 rings (SSSR count). The van der Waals surface area contributed by atoms with Crippen molar-refractivity contribution in [3.05, 3.63) is 42.2 Å². The standard InChI is InChI=1S/C19H19N3OS/c1-11-6-12-9-22(11)10-16(12)21-19(23)15-7-18-14(8-20-15)13-4-2-3-5-17(13)24-18/h2-5,7-8,11-12,16H,6,9-10H2,1H3,(H,21,23). The monoisotopic (exact) mass is 337 g/mol. The summed E-state index contributed by atoms with van der Waals surface area (Å²) in [6, 6.07) is 11.2. The van der Waals surface area contributed by atoms with Crippen LogP contribution in [0.15, 0.2) is 36.5 Å². The molecule has 122 valence electrons. The van der Waals surface area contributed by atoms with Gasteiger partial charge in [-0.1, -0.05) is 18.2 Å². The average Bonchev–Trinajstić information content (AvgIpc) is 3.25. The maximum atomic E-state index is 12.6. The van der Waals surface area contributed by atoms with Gasteiger partial charge in [-0.25, -0.2) is 0 Å². The van der Waals surface area contributed by atoms with E-state index in [9.17, 15) is 4.79 Å². The normalized spacial score (nSPS) is 28.7. The molecule has 3 aromatic rings. The number of rotatable bonds is 2. The Morgan fingerprint density at radius 2 is 2.12 bits per heavy atom. The van der Waals surface area contributed by atoms with Crippen LogP contribution in [0.25, 0.3) is 20.2 Å². The first-order valence-electron chi connectivity index (χ1n) is 8.51. The summed E-state index contributed by atoms with van der Waals surface area (Å²) < 4.78 is 2.36. The lowest BCUT2D eigenvalue weighted by Crippen LogP contribution is -2.45. The van der Waals surface area contributed by atoms with Crippen LogP contribution >= 0.6 is 11.3 Å². The van der Waals surface area contributed by atoms with Gasteiger partial charge in [-0.15, -0.1) is 11.3 Å². The molecule has 4 nitrogen and oxygen atoms in total. The Morgan fingerprint density at radius 1 is 1.25 bits per heavy atom. The Bertz CT molecular complexity index is 948. The number of carbonyl (C=O) groups is 1. The van der Waals surface area contributed by atoms with Crippen molar-refractivity contribution >= 4 is 37.4 Å². The predicted octanol–water partition coefficient (Wildman–Crippen LogP) is 3.27. The highest BCUT2D eigenvalue weighted by atomic mass is 32.1. The molecular weight excluding hydrogens is 318 g/mol. The highest BCUT2D eigenvalue weighted by Gasteiger charge is 2.42. The Kier molecular flexibility index (Phi) is 3.15. The maximum absolute atomic E-state index is 12.6. The number of aromatic nitrogens is 1. The molecule has 1 N–H and O–H groups in total. The number of nitrogens with one attached hydrogen (secondary N) is 1. The van der Waals surface area contributed by atoms with Crippen molar-refractivity contribution in [3.8, 4) is 0 Å². The minimum absolute atomic E-state index is 0.0410. The molecule has 2 aliphatic heterocycles. The summed E-state index contributed by atoms with van der Waals surface area (Å²) in [5.41, 5.74) is 0.528. The lowest BCUT2D eigenvalue weighted by Gasteiger charge is -2.27. The fourth-order valence-electron chi connectivity index (χ4n) is 4.24. The molecule has 2 aliphatic rings. The molecule has 1 aromatic carbocycles. The van der Waals surface area contributed by atoms with Gasteiger partial charge < -0.3 is 5.32 Å². The molecule has 0 saturated carbocycles.